The summed E-state index contributed by atoms with van der Waals surface area (Å²) in [5, 5.41) is 3.73. The molecule has 1 aliphatic rings. The van der Waals surface area contributed by atoms with Gasteiger partial charge in [0, 0.05) is 19.1 Å². The Balaban J connectivity index is 2.47. The van der Waals surface area contributed by atoms with Crippen molar-refractivity contribution < 1.29 is 0 Å². The van der Waals surface area contributed by atoms with Gasteiger partial charge in [-0.05, 0) is 31.3 Å². The van der Waals surface area contributed by atoms with Crippen molar-refractivity contribution in [2.45, 2.75) is 59.4 Å². The van der Waals surface area contributed by atoms with E-state index in [0.717, 1.165) is 11.8 Å². The third-order valence-electron chi connectivity index (χ3n) is 4.51. The van der Waals surface area contributed by atoms with Crippen LogP contribution in [-0.2, 0) is 0 Å². The van der Waals surface area contributed by atoms with Crippen molar-refractivity contribution in [3.05, 3.63) is 0 Å². The maximum Gasteiger partial charge on any atom is 0.0220 e. The van der Waals surface area contributed by atoms with Crippen molar-refractivity contribution in [3.63, 3.8) is 0 Å². The molecule has 0 saturated carbocycles. The van der Waals surface area contributed by atoms with Crippen molar-refractivity contribution in [3.8, 4) is 0 Å². The highest BCUT2D eigenvalue weighted by molar-refractivity contribution is 4.81. The van der Waals surface area contributed by atoms with Crippen LogP contribution in [0.25, 0.3) is 0 Å². The van der Waals surface area contributed by atoms with E-state index in [2.05, 4.69) is 37.9 Å². The monoisotopic (exact) mass is 240 g/mol. The molecule has 2 heteroatoms. The van der Waals surface area contributed by atoms with Crippen LogP contribution < -0.4 is 5.32 Å². The molecule has 0 aliphatic carbocycles. The Labute approximate surface area is 108 Å². The van der Waals surface area contributed by atoms with Gasteiger partial charge in [0.05, 0.1) is 0 Å². The van der Waals surface area contributed by atoms with Gasteiger partial charge in [-0.1, -0.05) is 47.0 Å². The average Bonchev–Trinajstić information content (AvgIpc) is 2.60. The van der Waals surface area contributed by atoms with E-state index in [9.17, 15) is 0 Å². The molecule has 1 heterocycles. The highest BCUT2D eigenvalue weighted by Gasteiger charge is 2.22. The lowest BCUT2D eigenvalue weighted by Crippen LogP contribution is -2.43. The van der Waals surface area contributed by atoms with Gasteiger partial charge < -0.3 is 10.2 Å². The summed E-state index contributed by atoms with van der Waals surface area (Å²) in [7, 11) is 0. The van der Waals surface area contributed by atoms with Gasteiger partial charge in [0.2, 0.25) is 0 Å². The summed E-state index contributed by atoms with van der Waals surface area (Å²) < 4.78 is 0. The fraction of sp³-hybridized carbons (Fsp3) is 1.00. The van der Waals surface area contributed by atoms with Crippen molar-refractivity contribution in [2.75, 3.05) is 26.2 Å². The molecule has 0 aromatic rings. The van der Waals surface area contributed by atoms with Crippen molar-refractivity contribution in [1.82, 2.24) is 10.2 Å². The maximum atomic E-state index is 3.73. The molecule has 0 radical (unpaired) electrons. The minimum absolute atomic E-state index is 0.705. The zero-order chi connectivity index (χ0) is 12.7. The van der Waals surface area contributed by atoms with E-state index in [4.69, 9.17) is 0 Å². The van der Waals surface area contributed by atoms with Crippen LogP contribution >= 0.6 is 0 Å². The van der Waals surface area contributed by atoms with E-state index in [0.29, 0.717) is 6.04 Å². The normalized spacial score (nSPS) is 24.9. The molecule has 0 bridgehead atoms. The van der Waals surface area contributed by atoms with Crippen LogP contribution in [0.15, 0.2) is 0 Å². The average molecular weight is 240 g/mol. The summed E-state index contributed by atoms with van der Waals surface area (Å²) in [4.78, 5) is 2.70. The van der Waals surface area contributed by atoms with Crippen LogP contribution in [0.3, 0.4) is 0 Å². The summed E-state index contributed by atoms with van der Waals surface area (Å²) in [5.74, 6) is 1.70. The van der Waals surface area contributed by atoms with Crippen LogP contribution in [-0.4, -0.2) is 37.1 Å². The molecule has 102 valence electrons. The Bertz CT molecular complexity index is 189. The highest BCUT2D eigenvalue weighted by Crippen LogP contribution is 2.16. The SMILES string of the molecule is CCC(CC)CN1CCCNC(C(C)CC)C1. The molecule has 1 saturated heterocycles. The molecular weight excluding hydrogens is 208 g/mol. The van der Waals surface area contributed by atoms with E-state index in [1.807, 2.05) is 0 Å². The fourth-order valence-corrected chi connectivity index (χ4v) is 2.77. The number of hydrogen-bond acceptors (Lipinski definition) is 2. The van der Waals surface area contributed by atoms with Crippen molar-refractivity contribution in [1.29, 1.82) is 0 Å². The molecule has 1 aliphatic heterocycles. The largest absolute Gasteiger partial charge is 0.312 e. The number of nitrogens with one attached hydrogen (secondary N) is 1. The maximum absolute atomic E-state index is 3.73. The summed E-state index contributed by atoms with van der Waals surface area (Å²) in [6.07, 6.45) is 5.26. The van der Waals surface area contributed by atoms with Crippen LogP contribution in [0.2, 0.25) is 0 Å². The third kappa shape index (κ3) is 4.97. The molecule has 1 N–H and O–H groups in total. The molecule has 17 heavy (non-hydrogen) atoms. The fourth-order valence-electron chi connectivity index (χ4n) is 2.77. The number of hydrogen-bond donors (Lipinski definition) is 1. The van der Waals surface area contributed by atoms with Crippen molar-refractivity contribution >= 4 is 0 Å². The van der Waals surface area contributed by atoms with Crippen molar-refractivity contribution in [2.24, 2.45) is 11.8 Å². The Hall–Kier alpha value is -0.0800. The van der Waals surface area contributed by atoms with Gasteiger partial charge in [0.15, 0.2) is 0 Å². The lowest BCUT2D eigenvalue weighted by molar-refractivity contribution is 0.202. The van der Waals surface area contributed by atoms with E-state index in [1.165, 1.54) is 51.9 Å². The molecule has 2 unspecified atom stereocenters. The third-order valence-corrected chi connectivity index (χ3v) is 4.51. The molecule has 2 nitrogen and oxygen atoms in total. The predicted octanol–water partition coefficient (Wildman–Crippen LogP) is 3.13. The topological polar surface area (TPSA) is 15.3 Å². The highest BCUT2D eigenvalue weighted by atomic mass is 15.2. The molecule has 1 rings (SSSR count). The molecule has 0 amide bonds. The quantitative estimate of drug-likeness (QED) is 0.767. The lowest BCUT2D eigenvalue weighted by atomic mass is 9.98. The second-order valence-corrected chi connectivity index (χ2v) is 5.74. The van der Waals surface area contributed by atoms with Crippen LogP contribution in [0, 0.1) is 11.8 Å². The lowest BCUT2D eigenvalue weighted by Gasteiger charge is -2.30. The first-order chi connectivity index (χ1) is 8.21. The number of nitrogens with zero attached hydrogens (tertiary/aromatic N) is 1. The van der Waals surface area contributed by atoms with Gasteiger partial charge in [0.1, 0.15) is 0 Å². The summed E-state index contributed by atoms with van der Waals surface area (Å²) >= 11 is 0. The molecule has 0 aromatic heterocycles. The Morgan fingerprint density at radius 3 is 2.47 bits per heavy atom. The molecule has 1 fully saturated rings. The minimum Gasteiger partial charge on any atom is -0.312 e. The first kappa shape index (κ1) is 15.0. The molecule has 0 spiro atoms. The standard InChI is InChI=1S/C15H32N2/c1-5-13(4)15-12-17(10-8-9-16-15)11-14(6-2)7-3/h13-16H,5-12H2,1-4H3. The number of rotatable bonds is 6. The van der Waals surface area contributed by atoms with Gasteiger partial charge in [-0.2, -0.15) is 0 Å². The predicted molar refractivity (Wildman–Crippen MR) is 76.4 cm³/mol. The van der Waals surface area contributed by atoms with Crippen LogP contribution in [0.4, 0.5) is 0 Å². The van der Waals surface area contributed by atoms with Gasteiger partial charge >= 0.3 is 0 Å². The summed E-state index contributed by atoms with van der Waals surface area (Å²) in [6.45, 7) is 14.4. The van der Waals surface area contributed by atoms with Gasteiger partial charge in [-0.25, -0.2) is 0 Å². The summed E-state index contributed by atoms with van der Waals surface area (Å²) in [6, 6.07) is 0.705. The second kappa shape index (κ2) is 8.10. The smallest absolute Gasteiger partial charge is 0.0220 e. The molecular formula is C15H32N2. The van der Waals surface area contributed by atoms with E-state index < -0.39 is 0 Å². The zero-order valence-electron chi connectivity index (χ0n) is 12.3. The van der Waals surface area contributed by atoms with Crippen LogP contribution in [0.5, 0.6) is 0 Å². The first-order valence-electron chi connectivity index (χ1n) is 7.66. The van der Waals surface area contributed by atoms with Gasteiger partial charge in [-0.3, -0.25) is 0 Å². The Kier molecular flexibility index (Phi) is 7.14. The zero-order valence-corrected chi connectivity index (χ0v) is 12.3. The Morgan fingerprint density at radius 1 is 1.18 bits per heavy atom. The first-order valence-corrected chi connectivity index (χ1v) is 7.66. The molecule has 0 aromatic carbocycles. The summed E-state index contributed by atoms with van der Waals surface area (Å²) in [5.41, 5.74) is 0. The van der Waals surface area contributed by atoms with E-state index in [-0.39, 0.29) is 0 Å². The Morgan fingerprint density at radius 2 is 1.88 bits per heavy atom. The van der Waals surface area contributed by atoms with Gasteiger partial charge in [0.25, 0.3) is 0 Å². The minimum atomic E-state index is 0.705. The van der Waals surface area contributed by atoms with Crippen LogP contribution in [0.1, 0.15) is 53.4 Å². The van der Waals surface area contributed by atoms with E-state index >= 15 is 0 Å². The van der Waals surface area contributed by atoms with Gasteiger partial charge in [-0.15, -0.1) is 0 Å². The van der Waals surface area contributed by atoms with E-state index in [1.54, 1.807) is 0 Å². The second-order valence-electron chi connectivity index (χ2n) is 5.74. The molecule has 2 atom stereocenters.